The second kappa shape index (κ2) is 69.7. The first-order chi connectivity index (χ1) is 44.0. The van der Waals surface area contributed by atoms with Crippen molar-refractivity contribution in [2.24, 2.45) is 0 Å². The Labute approximate surface area is 556 Å². The zero-order valence-corrected chi connectivity index (χ0v) is 59.9. The third kappa shape index (κ3) is 73.5. The number of phosphoric ester groups is 1. The van der Waals surface area contributed by atoms with E-state index in [0.29, 0.717) is 17.4 Å². The number of allylic oxidation sites excluding steroid dienone is 20. The molecule has 0 rings (SSSR count). The topological polar surface area (TPSA) is 111 Å². The Balaban J connectivity index is 4.00. The highest BCUT2D eigenvalue weighted by atomic mass is 31.2. The van der Waals surface area contributed by atoms with Crippen molar-refractivity contribution in [2.45, 2.75) is 328 Å². The fraction of sp³-hybridized carbons (Fsp3) is 0.725. The molecule has 0 aliphatic carbocycles. The van der Waals surface area contributed by atoms with Gasteiger partial charge in [0.15, 0.2) is 6.10 Å². The number of hydrogen-bond acceptors (Lipinski definition) is 8. The van der Waals surface area contributed by atoms with E-state index >= 15 is 0 Å². The predicted molar refractivity (Wildman–Crippen MR) is 388 cm³/mol. The number of rotatable bonds is 68. The van der Waals surface area contributed by atoms with E-state index < -0.39 is 26.5 Å². The third-order valence-corrected chi connectivity index (χ3v) is 16.9. The van der Waals surface area contributed by atoms with Gasteiger partial charge in [0.1, 0.15) is 19.8 Å². The van der Waals surface area contributed by atoms with Gasteiger partial charge in [-0.2, -0.15) is 0 Å². The summed E-state index contributed by atoms with van der Waals surface area (Å²) in [5.74, 6) is -0.825. The summed E-state index contributed by atoms with van der Waals surface area (Å²) in [6.07, 6.45) is 100. The molecule has 0 fully saturated rings. The van der Waals surface area contributed by atoms with E-state index in [0.717, 1.165) is 103 Å². The summed E-state index contributed by atoms with van der Waals surface area (Å²) in [4.78, 5) is 38.1. The molecule has 0 heterocycles. The van der Waals surface area contributed by atoms with Gasteiger partial charge in [-0.3, -0.25) is 14.2 Å². The summed E-state index contributed by atoms with van der Waals surface area (Å²) in [6.45, 7) is 4.05. The number of quaternary nitrogens is 1. The molecule has 0 aliphatic heterocycles. The Morgan fingerprint density at radius 1 is 0.344 bits per heavy atom. The Kier molecular flexibility index (Phi) is 67.0. The van der Waals surface area contributed by atoms with Gasteiger partial charge in [0, 0.05) is 12.8 Å². The molecule has 2 unspecified atom stereocenters. The molecule has 90 heavy (non-hydrogen) atoms. The average molecular weight is 1270 g/mol. The highest BCUT2D eigenvalue weighted by molar-refractivity contribution is 7.45. The van der Waals surface area contributed by atoms with Crippen LogP contribution in [0.5, 0.6) is 0 Å². The first kappa shape index (κ1) is 86.4. The van der Waals surface area contributed by atoms with Crippen LogP contribution in [0.2, 0.25) is 0 Å². The van der Waals surface area contributed by atoms with E-state index in [1.807, 2.05) is 21.1 Å². The molecular formula is C80H140NO8P. The Morgan fingerprint density at radius 2 is 0.600 bits per heavy atom. The summed E-state index contributed by atoms with van der Waals surface area (Å²) in [5, 5.41) is 0. The van der Waals surface area contributed by atoms with E-state index in [9.17, 15) is 19.0 Å². The van der Waals surface area contributed by atoms with E-state index in [2.05, 4.69) is 135 Å². The lowest BCUT2D eigenvalue weighted by Gasteiger charge is -2.28. The van der Waals surface area contributed by atoms with Crippen LogP contribution in [0.4, 0.5) is 0 Å². The van der Waals surface area contributed by atoms with E-state index in [-0.39, 0.29) is 32.0 Å². The largest absolute Gasteiger partial charge is 0.756 e. The molecule has 0 amide bonds. The van der Waals surface area contributed by atoms with Crippen LogP contribution in [-0.2, 0) is 32.7 Å². The molecule has 518 valence electrons. The monoisotopic (exact) mass is 1270 g/mol. The lowest BCUT2D eigenvalue weighted by atomic mass is 10.0. The zero-order valence-electron chi connectivity index (χ0n) is 59.1. The Morgan fingerprint density at radius 3 is 0.889 bits per heavy atom. The summed E-state index contributed by atoms with van der Waals surface area (Å²) in [6, 6.07) is 0. The molecule has 0 radical (unpaired) electrons. The maximum Gasteiger partial charge on any atom is 0.306 e. The molecule has 0 spiro atoms. The number of carbonyl (C=O) groups excluding carboxylic acids is 2. The molecule has 0 saturated heterocycles. The molecule has 0 bridgehead atoms. The standard InChI is InChI=1S/C80H140NO8P/c1-6-8-10-12-14-16-18-20-22-24-26-28-30-32-34-36-38-40-42-44-46-48-50-52-54-56-58-60-62-64-66-68-70-72-79(82)86-76-78(77-88-90(84,85)87-75-74-81(3,4)5)89-80(83)73-71-69-67-65-63-61-59-57-55-53-51-49-47-45-43-41-39-37-35-33-31-29-27-25-23-21-19-17-15-13-11-9-7-2/h8-11,14-17,20-23,26-29,33,35,39,41,78H,6-7,12-13,18-19,24-25,30-32,34,36-38,40,42-77H2,1-5H3/b10-8-,11-9-,16-14-,17-15-,22-20-,23-21-,28-26-,29-27-,35-33-,41-39-. The molecular weight excluding hydrogens is 1130 g/mol. The van der Waals surface area contributed by atoms with Crippen LogP contribution in [0.3, 0.4) is 0 Å². The quantitative estimate of drug-likeness (QED) is 0.0195. The number of nitrogens with zero attached hydrogens (tertiary/aromatic N) is 1. The smallest absolute Gasteiger partial charge is 0.306 e. The van der Waals surface area contributed by atoms with Crippen molar-refractivity contribution in [3.8, 4) is 0 Å². The van der Waals surface area contributed by atoms with Crippen LogP contribution in [-0.4, -0.2) is 70.0 Å². The van der Waals surface area contributed by atoms with Gasteiger partial charge in [0.05, 0.1) is 27.7 Å². The normalized spacial score (nSPS) is 13.8. The van der Waals surface area contributed by atoms with Crippen molar-refractivity contribution >= 4 is 19.8 Å². The minimum absolute atomic E-state index is 0.0336. The van der Waals surface area contributed by atoms with Crippen molar-refractivity contribution in [3.05, 3.63) is 122 Å². The van der Waals surface area contributed by atoms with Crippen LogP contribution in [0.1, 0.15) is 322 Å². The third-order valence-electron chi connectivity index (χ3n) is 16.0. The van der Waals surface area contributed by atoms with Crippen molar-refractivity contribution in [1.82, 2.24) is 0 Å². The number of carbonyl (C=O) groups is 2. The van der Waals surface area contributed by atoms with Gasteiger partial charge >= 0.3 is 11.9 Å². The Bertz CT molecular complexity index is 1940. The molecule has 9 nitrogen and oxygen atoms in total. The van der Waals surface area contributed by atoms with Crippen LogP contribution in [0, 0.1) is 0 Å². The lowest BCUT2D eigenvalue weighted by Crippen LogP contribution is -2.37. The number of hydrogen-bond donors (Lipinski definition) is 0. The van der Waals surface area contributed by atoms with Crippen LogP contribution in [0.15, 0.2) is 122 Å². The fourth-order valence-electron chi connectivity index (χ4n) is 10.4. The number of esters is 2. The van der Waals surface area contributed by atoms with Gasteiger partial charge in [0.2, 0.25) is 0 Å². The minimum Gasteiger partial charge on any atom is -0.756 e. The van der Waals surface area contributed by atoms with Crippen molar-refractivity contribution < 1.29 is 42.1 Å². The zero-order chi connectivity index (χ0) is 65.5. The van der Waals surface area contributed by atoms with Crippen molar-refractivity contribution in [1.29, 1.82) is 0 Å². The maximum atomic E-state index is 12.9. The van der Waals surface area contributed by atoms with E-state index in [1.165, 1.54) is 186 Å². The van der Waals surface area contributed by atoms with Crippen molar-refractivity contribution in [2.75, 3.05) is 47.5 Å². The molecule has 2 atom stereocenters. The number of unbranched alkanes of at least 4 members (excludes halogenated alkanes) is 34. The van der Waals surface area contributed by atoms with Gasteiger partial charge < -0.3 is 27.9 Å². The molecule has 0 aromatic rings. The second-order valence-electron chi connectivity index (χ2n) is 25.9. The minimum atomic E-state index is -4.65. The van der Waals surface area contributed by atoms with E-state index in [4.69, 9.17) is 18.5 Å². The molecule has 0 aliphatic rings. The number of ether oxygens (including phenoxy) is 2. The van der Waals surface area contributed by atoms with Gasteiger partial charge in [-0.05, 0) is 103 Å². The SMILES string of the molecule is CC/C=C\C/C=C\C/C=C\C/C=C\C/C=C\C/C=C\CCCCCCCCCCCCCCCCC(=O)OC(COC(=O)CCCCCCCCCCCCCCCCCCCCCC/C=C\C/C=C\C/C=C\C/C=C\CC)COP(=O)([O-])OCC[N+](C)(C)C. The maximum absolute atomic E-state index is 12.9. The first-order valence-electron chi connectivity index (χ1n) is 37.2. The molecule has 0 N–H and O–H groups in total. The molecule has 0 aromatic carbocycles. The molecule has 0 saturated carbocycles. The van der Waals surface area contributed by atoms with Crippen LogP contribution < -0.4 is 4.89 Å². The predicted octanol–water partition coefficient (Wildman–Crippen LogP) is 24.0. The van der Waals surface area contributed by atoms with Crippen molar-refractivity contribution in [3.63, 3.8) is 0 Å². The summed E-state index contributed by atoms with van der Waals surface area (Å²) in [7, 11) is 1.17. The van der Waals surface area contributed by atoms with Gasteiger partial charge in [0.25, 0.3) is 7.82 Å². The summed E-state index contributed by atoms with van der Waals surface area (Å²) in [5.41, 5.74) is 0. The summed E-state index contributed by atoms with van der Waals surface area (Å²) >= 11 is 0. The summed E-state index contributed by atoms with van der Waals surface area (Å²) < 4.78 is 34.4. The second-order valence-corrected chi connectivity index (χ2v) is 27.3. The van der Waals surface area contributed by atoms with Gasteiger partial charge in [-0.1, -0.05) is 328 Å². The van der Waals surface area contributed by atoms with Gasteiger partial charge in [-0.15, -0.1) is 0 Å². The highest BCUT2D eigenvalue weighted by Gasteiger charge is 2.22. The number of phosphoric acid groups is 1. The first-order valence-corrected chi connectivity index (χ1v) is 38.7. The van der Waals surface area contributed by atoms with Gasteiger partial charge in [-0.25, -0.2) is 0 Å². The van der Waals surface area contributed by atoms with Crippen LogP contribution in [0.25, 0.3) is 0 Å². The van der Waals surface area contributed by atoms with E-state index in [1.54, 1.807) is 0 Å². The average Bonchev–Trinajstić information content (AvgIpc) is 3.58. The lowest BCUT2D eigenvalue weighted by molar-refractivity contribution is -0.870. The molecule has 0 aromatic heterocycles. The molecule has 10 heteroatoms. The fourth-order valence-corrected chi connectivity index (χ4v) is 11.1. The number of likely N-dealkylation sites (N-methyl/N-ethyl adjacent to an activating group) is 1. The van der Waals surface area contributed by atoms with Crippen LogP contribution >= 0.6 is 7.82 Å². The Hall–Kier alpha value is -3.59. The highest BCUT2D eigenvalue weighted by Crippen LogP contribution is 2.38.